The molecule has 0 unspecified atom stereocenters. The minimum Gasteiger partial charge on any atom is -0.310 e. The third kappa shape index (κ3) is 3.15. The highest BCUT2D eigenvalue weighted by molar-refractivity contribution is 7.07. The molecule has 0 aliphatic heterocycles. The molecule has 2 rings (SSSR count). The molecule has 0 saturated heterocycles. The maximum Gasteiger partial charge on any atom is 0.0315 e. The van der Waals surface area contributed by atoms with E-state index in [2.05, 4.69) is 40.1 Å². The summed E-state index contributed by atoms with van der Waals surface area (Å²) < 4.78 is 0. The molecule has 0 radical (unpaired) electrons. The summed E-state index contributed by atoms with van der Waals surface area (Å²) in [5.74, 6) is 0. The molecule has 2 aromatic rings. The van der Waals surface area contributed by atoms with E-state index in [1.807, 2.05) is 18.5 Å². The molecule has 0 aromatic carbocycles. The van der Waals surface area contributed by atoms with Gasteiger partial charge in [-0.2, -0.15) is 11.3 Å². The lowest BCUT2D eigenvalue weighted by Crippen LogP contribution is -2.21. The number of nitrogens with zero attached hydrogens (tertiary/aromatic N) is 1. The van der Waals surface area contributed by atoms with Crippen molar-refractivity contribution >= 4 is 11.3 Å². The zero-order valence-electron chi connectivity index (χ0n) is 9.39. The van der Waals surface area contributed by atoms with Crippen molar-refractivity contribution in [1.29, 1.82) is 0 Å². The third-order valence-electron chi connectivity index (χ3n) is 2.63. The molecule has 0 amide bonds. The fourth-order valence-corrected chi connectivity index (χ4v) is 2.32. The molecule has 0 aliphatic rings. The van der Waals surface area contributed by atoms with Crippen molar-refractivity contribution in [2.45, 2.75) is 19.4 Å². The summed E-state index contributed by atoms with van der Waals surface area (Å²) in [6.07, 6.45) is 4.82. The maximum atomic E-state index is 4.13. The number of thiophene rings is 1. The average Bonchev–Trinajstić information content (AvgIpc) is 2.83. The topological polar surface area (TPSA) is 24.9 Å². The van der Waals surface area contributed by atoms with Gasteiger partial charge >= 0.3 is 0 Å². The minimum absolute atomic E-state index is 0.368. The molecule has 3 heteroatoms. The van der Waals surface area contributed by atoms with Gasteiger partial charge in [-0.3, -0.25) is 4.98 Å². The molecule has 1 N–H and O–H groups in total. The lowest BCUT2D eigenvalue weighted by Gasteiger charge is -2.13. The maximum absolute atomic E-state index is 4.13. The highest BCUT2D eigenvalue weighted by Gasteiger charge is 2.03. The molecular weight excluding hydrogens is 216 g/mol. The van der Waals surface area contributed by atoms with E-state index in [0.29, 0.717) is 6.04 Å². The lowest BCUT2D eigenvalue weighted by molar-refractivity contribution is 0.575. The van der Waals surface area contributed by atoms with Crippen LogP contribution in [0.4, 0.5) is 0 Å². The van der Waals surface area contributed by atoms with Crippen LogP contribution in [0.1, 0.15) is 24.1 Å². The van der Waals surface area contributed by atoms with Gasteiger partial charge in [-0.05, 0) is 53.9 Å². The van der Waals surface area contributed by atoms with Gasteiger partial charge in [-0.15, -0.1) is 0 Å². The molecule has 2 heterocycles. The van der Waals surface area contributed by atoms with Gasteiger partial charge in [0.2, 0.25) is 0 Å². The Morgan fingerprint density at radius 2 is 2.38 bits per heavy atom. The smallest absolute Gasteiger partial charge is 0.0315 e. The van der Waals surface area contributed by atoms with Crippen LogP contribution >= 0.6 is 11.3 Å². The van der Waals surface area contributed by atoms with E-state index < -0.39 is 0 Å². The van der Waals surface area contributed by atoms with Crippen LogP contribution in [0.25, 0.3) is 0 Å². The van der Waals surface area contributed by atoms with Gasteiger partial charge in [0.25, 0.3) is 0 Å². The van der Waals surface area contributed by atoms with E-state index in [4.69, 9.17) is 0 Å². The first kappa shape index (κ1) is 11.3. The molecular formula is C13H16N2S. The fraction of sp³-hybridized carbons (Fsp3) is 0.308. The molecule has 2 nitrogen and oxygen atoms in total. The summed E-state index contributed by atoms with van der Waals surface area (Å²) in [5, 5.41) is 7.83. The second kappa shape index (κ2) is 5.77. The first-order valence-corrected chi connectivity index (χ1v) is 6.45. The number of hydrogen-bond acceptors (Lipinski definition) is 3. The Kier molecular flexibility index (Phi) is 4.08. The molecule has 2 aromatic heterocycles. The number of pyridine rings is 1. The van der Waals surface area contributed by atoms with Crippen LogP contribution in [0.5, 0.6) is 0 Å². The number of nitrogens with one attached hydrogen (secondary N) is 1. The Bertz CT molecular complexity index is 397. The molecule has 0 spiro atoms. The SMILES string of the molecule is C[C@@H](NCCc1ccsc1)c1cccnc1. The number of aromatic nitrogens is 1. The van der Waals surface area contributed by atoms with Crippen LogP contribution in [0, 0.1) is 0 Å². The van der Waals surface area contributed by atoms with E-state index in [9.17, 15) is 0 Å². The molecule has 0 aliphatic carbocycles. The van der Waals surface area contributed by atoms with E-state index in [1.54, 1.807) is 11.3 Å². The van der Waals surface area contributed by atoms with E-state index in [1.165, 1.54) is 11.1 Å². The standard InChI is InChI=1S/C13H16N2S/c1-11(13-3-2-6-14-9-13)15-7-4-12-5-8-16-10-12/h2-3,5-6,8-11,15H,4,7H2,1H3/t11-/m1/s1. The largest absolute Gasteiger partial charge is 0.310 e. The summed E-state index contributed by atoms with van der Waals surface area (Å²) in [7, 11) is 0. The minimum atomic E-state index is 0.368. The second-order valence-corrected chi connectivity index (χ2v) is 4.62. The van der Waals surface area contributed by atoms with Gasteiger partial charge in [-0.1, -0.05) is 6.07 Å². The summed E-state index contributed by atoms with van der Waals surface area (Å²) in [5.41, 5.74) is 2.66. The fourth-order valence-electron chi connectivity index (χ4n) is 1.62. The van der Waals surface area contributed by atoms with Crippen molar-refractivity contribution in [3.05, 3.63) is 52.5 Å². The van der Waals surface area contributed by atoms with Crippen LogP contribution in [-0.2, 0) is 6.42 Å². The zero-order chi connectivity index (χ0) is 11.2. The Morgan fingerprint density at radius 1 is 1.44 bits per heavy atom. The van der Waals surface area contributed by atoms with Gasteiger partial charge < -0.3 is 5.32 Å². The van der Waals surface area contributed by atoms with Crippen molar-refractivity contribution in [2.75, 3.05) is 6.54 Å². The summed E-state index contributed by atoms with van der Waals surface area (Å²) in [6.45, 7) is 3.18. The molecule has 1 atom stereocenters. The Morgan fingerprint density at radius 3 is 3.06 bits per heavy atom. The normalized spacial score (nSPS) is 12.6. The van der Waals surface area contributed by atoms with Crippen molar-refractivity contribution in [3.63, 3.8) is 0 Å². The second-order valence-electron chi connectivity index (χ2n) is 3.84. The zero-order valence-corrected chi connectivity index (χ0v) is 10.2. The quantitative estimate of drug-likeness (QED) is 0.857. The predicted octanol–water partition coefficient (Wildman–Crippen LogP) is 3.04. The van der Waals surface area contributed by atoms with Gasteiger partial charge in [0.05, 0.1) is 0 Å². The van der Waals surface area contributed by atoms with Crippen molar-refractivity contribution in [2.24, 2.45) is 0 Å². The first-order chi connectivity index (χ1) is 7.86. The van der Waals surface area contributed by atoms with Gasteiger partial charge in [-0.25, -0.2) is 0 Å². The van der Waals surface area contributed by atoms with Crippen LogP contribution < -0.4 is 5.32 Å². The summed E-state index contributed by atoms with van der Waals surface area (Å²) in [4.78, 5) is 4.13. The average molecular weight is 232 g/mol. The van der Waals surface area contributed by atoms with E-state index in [-0.39, 0.29) is 0 Å². The predicted molar refractivity (Wildman–Crippen MR) is 68.7 cm³/mol. The monoisotopic (exact) mass is 232 g/mol. The van der Waals surface area contributed by atoms with Crippen LogP contribution in [0.3, 0.4) is 0 Å². The van der Waals surface area contributed by atoms with Gasteiger partial charge in [0.15, 0.2) is 0 Å². The molecule has 0 bridgehead atoms. The van der Waals surface area contributed by atoms with E-state index >= 15 is 0 Å². The molecule has 84 valence electrons. The lowest BCUT2D eigenvalue weighted by atomic mass is 10.1. The van der Waals surface area contributed by atoms with Gasteiger partial charge in [0, 0.05) is 18.4 Å². The highest BCUT2D eigenvalue weighted by atomic mass is 32.1. The number of rotatable bonds is 5. The van der Waals surface area contributed by atoms with Crippen LogP contribution in [-0.4, -0.2) is 11.5 Å². The summed E-state index contributed by atoms with van der Waals surface area (Å²) >= 11 is 1.76. The first-order valence-electron chi connectivity index (χ1n) is 5.50. The van der Waals surface area contributed by atoms with Crippen molar-refractivity contribution in [1.82, 2.24) is 10.3 Å². The summed E-state index contributed by atoms with van der Waals surface area (Å²) in [6, 6.07) is 6.63. The van der Waals surface area contributed by atoms with Crippen LogP contribution in [0.15, 0.2) is 41.4 Å². The number of hydrogen-bond donors (Lipinski definition) is 1. The highest BCUT2D eigenvalue weighted by Crippen LogP contribution is 2.10. The Hall–Kier alpha value is -1.19. The third-order valence-corrected chi connectivity index (χ3v) is 3.36. The van der Waals surface area contributed by atoms with E-state index in [0.717, 1.165) is 13.0 Å². The van der Waals surface area contributed by atoms with Gasteiger partial charge in [0.1, 0.15) is 0 Å². The molecule has 16 heavy (non-hydrogen) atoms. The molecule has 0 fully saturated rings. The van der Waals surface area contributed by atoms with Crippen LogP contribution in [0.2, 0.25) is 0 Å². The Balaban J connectivity index is 1.78. The molecule has 0 saturated carbocycles. The Labute approximate surface area is 100 Å². The van der Waals surface area contributed by atoms with Crippen molar-refractivity contribution in [3.8, 4) is 0 Å². The van der Waals surface area contributed by atoms with Crippen molar-refractivity contribution < 1.29 is 0 Å².